The third kappa shape index (κ3) is 5.82. The maximum atomic E-state index is 10.8. The Labute approximate surface area is 121 Å². The zero-order chi connectivity index (χ0) is 14.9. The summed E-state index contributed by atoms with van der Waals surface area (Å²) in [5, 5.41) is 10.8. The summed E-state index contributed by atoms with van der Waals surface area (Å²) in [6, 6.07) is 1.15. The van der Waals surface area contributed by atoms with Gasteiger partial charge in [-0.05, 0) is 49.5 Å². The first-order valence-electron chi connectivity index (χ1n) is 7.80. The molecule has 0 spiro atoms. The van der Waals surface area contributed by atoms with Crippen molar-refractivity contribution in [3.05, 3.63) is 12.2 Å². The van der Waals surface area contributed by atoms with Crippen LogP contribution in [0, 0.1) is 11.3 Å². The van der Waals surface area contributed by atoms with E-state index in [4.69, 9.17) is 0 Å². The van der Waals surface area contributed by atoms with Crippen molar-refractivity contribution >= 4 is 8.07 Å². The summed E-state index contributed by atoms with van der Waals surface area (Å²) in [5.41, 5.74) is 1.20. The molecule has 0 aromatic heterocycles. The second-order valence-corrected chi connectivity index (χ2v) is 14.5. The highest BCUT2D eigenvalue weighted by Crippen LogP contribution is 2.43. The molecule has 0 heterocycles. The number of hydrogen-bond donors (Lipinski definition) is 1. The van der Waals surface area contributed by atoms with Gasteiger partial charge in [-0.15, -0.1) is 6.58 Å². The maximum Gasteiger partial charge on any atom is 0.0684 e. The van der Waals surface area contributed by atoms with Crippen LogP contribution in [0.1, 0.15) is 52.9 Å². The van der Waals surface area contributed by atoms with Gasteiger partial charge in [-0.2, -0.15) is 0 Å². The lowest BCUT2D eigenvalue weighted by Crippen LogP contribution is -2.38. The van der Waals surface area contributed by atoms with E-state index in [1.165, 1.54) is 18.4 Å². The van der Waals surface area contributed by atoms with Gasteiger partial charge in [-0.3, -0.25) is 0 Å². The van der Waals surface area contributed by atoms with Crippen LogP contribution >= 0.6 is 0 Å². The van der Waals surface area contributed by atoms with Crippen molar-refractivity contribution in [2.24, 2.45) is 11.3 Å². The summed E-state index contributed by atoms with van der Waals surface area (Å²) in [5.74, 6) is 0.762. The first-order chi connectivity index (χ1) is 8.41. The van der Waals surface area contributed by atoms with Gasteiger partial charge in [0, 0.05) is 8.07 Å². The molecule has 1 saturated carbocycles. The van der Waals surface area contributed by atoms with Crippen LogP contribution in [0.4, 0.5) is 0 Å². The maximum absolute atomic E-state index is 10.8. The molecule has 1 aliphatic carbocycles. The quantitative estimate of drug-likeness (QED) is 0.552. The third-order valence-electron chi connectivity index (χ3n) is 4.50. The Balaban J connectivity index is 2.50. The van der Waals surface area contributed by atoms with Crippen molar-refractivity contribution in [1.82, 2.24) is 0 Å². The average Bonchev–Trinajstić information content (AvgIpc) is 2.11. The van der Waals surface area contributed by atoms with Gasteiger partial charge in [0.15, 0.2) is 0 Å². The van der Waals surface area contributed by atoms with E-state index in [9.17, 15) is 5.11 Å². The molecule has 0 aromatic rings. The molecule has 1 N–H and O–H groups in total. The zero-order valence-corrected chi connectivity index (χ0v) is 15.0. The second kappa shape index (κ2) is 5.73. The Morgan fingerprint density at radius 3 is 2.05 bits per heavy atom. The van der Waals surface area contributed by atoms with Crippen molar-refractivity contribution in [3.8, 4) is 0 Å². The molecule has 0 aromatic carbocycles. The summed E-state index contributed by atoms with van der Waals surface area (Å²) in [6.45, 7) is 18.3. The molecular weight excluding hydrogens is 248 g/mol. The molecule has 0 bridgehead atoms. The van der Waals surface area contributed by atoms with Gasteiger partial charge in [0.05, 0.1) is 5.60 Å². The minimum atomic E-state index is -1.09. The van der Waals surface area contributed by atoms with Crippen LogP contribution < -0.4 is 0 Å². The van der Waals surface area contributed by atoms with Crippen LogP contribution in [0.15, 0.2) is 12.2 Å². The SMILES string of the molecule is C=C(CC1(O)CCC(C(C)(C)C)CC1)C[Si](C)(C)C. The summed E-state index contributed by atoms with van der Waals surface area (Å²) >= 11 is 0. The summed E-state index contributed by atoms with van der Waals surface area (Å²) in [4.78, 5) is 0. The zero-order valence-electron chi connectivity index (χ0n) is 14.0. The molecule has 19 heavy (non-hydrogen) atoms. The number of hydrogen-bond acceptors (Lipinski definition) is 1. The molecule has 0 atom stereocenters. The predicted octanol–water partition coefficient (Wildman–Crippen LogP) is 5.24. The van der Waals surface area contributed by atoms with Crippen LogP contribution in [0.5, 0.6) is 0 Å². The Morgan fingerprint density at radius 2 is 1.68 bits per heavy atom. The van der Waals surface area contributed by atoms with Crippen LogP contribution in [0.3, 0.4) is 0 Å². The lowest BCUT2D eigenvalue weighted by atomic mass is 9.67. The molecule has 1 aliphatic rings. The fourth-order valence-corrected chi connectivity index (χ4v) is 5.10. The normalized spacial score (nSPS) is 29.3. The van der Waals surface area contributed by atoms with Crippen molar-refractivity contribution in [2.45, 2.75) is 84.2 Å². The Morgan fingerprint density at radius 1 is 1.21 bits per heavy atom. The number of aliphatic hydroxyl groups is 1. The van der Waals surface area contributed by atoms with Crippen LogP contribution in [0.2, 0.25) is 25.7 Å². The summed E-state index contributed by atoms with van der Waals surface area (Å²) in [7, 11) is -1.09. The first kappa shape index (κ1) is 17.0. The molecule has 1 rings (SSSR count). The van der Waals surface area contributed by atoms with Crippen LogP contribution in [-0.2, 0) is 0 Å². The monoisotopic (exact) mass is 282 g/mol. The van der Waals surface area contributed by atoms with E-state index in [-0.39, 0.29) is 0 Å². The molecule has 0 unspecified atom stereocenters. The summed E-state index contributed by atoms with van der Waals surface area (Å²) in [6.07, 6.45) is 5.08. The molecule has 2 heteroatoms. The molecule has 0 aliphatic heterocycles. The van der Waals surface area contributed by atoms with Crippen molar-refractivity contribution < 1.29 is 5.11 Å². The Bertz CT molecular complexity index is 311. The van der Waals surface area contributed by atoms with Gasteiger partial charge in [0.1, 0.15) is 0 Å². The topological polar surface area (TPSA) is 20.2 Å². The largest absolute Gasteiger partial charge is 0.390 e. The lowest BCUT2D eigenvalue weighted by Gasteiger charge is -2.42. The Hall–Kier alpha value is -0.0831. The van der Waals surface area contributed by atoms with Gasteiger partial charge < -0.3 is 5.11 Å². The van der Waals surface area contributed by atoms with E-state index in [2.05, 4.69) is 47.0 Å². The smallest absolute Gasteiger partial charge is 0.0684 e. The molecule has 1 nitrogen and oxygen atoms in total. The van der Waals surface area contributed by atoms with E-state index in [1.807, 2.05) is 0 Å². The second-order valence-electron chi connectivity index (χ2n) is 9.03. The molecule has 0 radical (unpaired) electrons. The van der Waals surface area contributed by atoms with Gasteiger partial charge in [0.2, 0.25) is 0 Å². The van der Waals surface area contributed by atoms with E-state index in [1.54, 1.807) is 0 Å². The first-order valence-corrected chi connectivity index (χ1v) is 11.5. The van der Waals surface area contributed by atoms with E-state index in [0.29, 0.717) is 5.41 Å². The highest BCUT2D eigenvalue weighted by Gasteiger charge is 2.37. The molecule has 1 fully saturated rings. The van der Waals surface area contributed by atoms with Crippen molar-refractivity contribution in [1.29, 1.82) is 0 Å². The lowest BCUT2D eigenvalue weighted by molar-refractivity contribution is -0.0243. The van der Waals surface area contributed by atoms with Gasteiger partial charge >= 0.3 is 0 Å². The molecule has 112 valence electrons. The third-order valence-corrected chi connectivity index (χ3v) is 6.06. The fraction of sp³-hybridized carbons (Fsp3) is 0.882. The summed E-state index contributed by atoms with van der Waals surface area (Å²) < 4.78 is 0. The van der Waals surface area contributed by atoms with Gasteiger partial charge in [-0.1, -0.05) is 46.0 Å². The minimum absolute atomic E-state index is 0.386. The van der Waals surface area contributed by atoms with Gasteiger partial charge in [-0.25, -0.2) is 0 Å². The molecule has 0 amide bonds. The highest BCUT2D eigenvalue weighted by molar-refractivity contribution is 6.76. The van der Waals surface area contributed by atoms with E-state index >= 15 is 0 Å². The Kier molecular flexibility index (Phi) is 5.12. The van der Waals surface area contributed by atoms with Crippen LogP contribution in [0.25, 0.3) is 0 Å². The molecule has 0 saturated heterocycles. The number of rotatable bonds is 4. The van der Waals surface area contributed by atoms with E-state index < -0.39 is 13.7 Å². The standard InChI is InChI=1S/C17H34OSi/c1-14(13-19(5,6)7)12-17(18)10-8-15(9-11-17)16(2,3)4/h15,18H,1,8-13H2,2-7H3. The van der Waals surface area contributed by atoms with Crippen molar-refractivity contribution in [2.75, 3.05) is 0 Å². The average molecular weight is 283 g/mol. The fourth-order valence-electron chi connectivity index (χ4n) is 3.48. The highest BCUT2D eigenvalue weighted by atomic mass is 28.3. The van der Waals surface area contributed by atoms with Crippen molar-refractivity contribution in [3.63, 3.8) is 0 Å². The predicted molar refractivity (Wildman–Crippen MR) is 88.3 cm³/mol. The van der Waals surface area contributed by atoms with Gasteiger partial charge in [0.25, 0.3) is 0 Å². The molecular formula is C17H34OSi. The minimum Gasteiger partial charge on any atom is -0.390 e. The van der Waals surface area contributed by atoms with Crippen LogP contribution in [-0.4, -0.2) is 18.8 Å². The van der Waals surface area contributed by atoms with E-state index in [0.717, 1.165) is 31.2 Å².